The molecule has 26 heavy (non-hydrogen) atoms. The van der Waals surface area contributed by atoms with E-state index in [-0.39, 0.29) is 5.97 Å². The van der Waals surface area contributed by atoms with Crippen LogP contribution in [0.5, 0.6) is 0 Å². The van der Waals surface area contributed by atoms with Crippen molar-refractivity contribution in [3.05, 3.63) is 34.6 Å². The number of thiophene rings is 1. The smallest absolute Gasteiger partial charge is 0.350 e. The quantitative estimate of drug-likeness (QED) is 0.543. The standard InChI is InChI=1S/C19H26N4O2S/c1-14(23-13-20-12-22-23)7-6-10-21-16-11-17(15-8-4-3-5-9-15)26-18(16)19(24)25-2/h8,11-14,21H,3-7,9-10H2,1-2H3. The number of aromatic nitrogens is 3. The predicted molar refractivity (Wildman–Crippen MR) is 105 cm³/mol. The summed E-state index contributed by atoms with van der Waals surface area (Å²) < 4.78 is 6.84. The second kappa shape index (κ2) is 8.98. The normalized spacial score (nSPS) is 15.4. The van der Waals surface area contributed by atoms with Gasteiger partial charge in [0, 0.05) is 11.4 Å². The number of nitrogens with one attached hydrogen (secondary N) is 1. The van der Waals surface area contributed by atoms with Gasteiger partial charge in [0.2, 0.25) is 0 Å². The summed E-state index contributed by atoms with van der Waals surface area (Å²) in [6.45, 7) is 2.94. The number of rotatable bonds is 8. The minimum atomic E-state index is -0.267. The van der Waals surface area contributed by atoms with Crippen molar-refractivity contribution in [2.24, 2.45) is 0 Å². The fraction of sp³-hybridized carbons (Fsp3) is 0.526. The highest BCUT2D eigenvalue weighted by Crippen LogP contribution is 2.36. The summed E-state index contributed by atoms with van der Waals surface area (Å²) in [5, 5.41) is 7.60. The van der Waals surface area contributed by atoms with Crippen molar-refractivity contribution in [1.29, 1.82) is 0 Å². The van der Waals surface area contributed by atoms with E-state index in [2.05, 4.69) is 34.5 Å². The van der Waals surface area contributed by atoms with Crippen molar-refractivity contribution in [3.8, 4) is 0 Å². The Morgan fingerprint density at radius 3 is 3.04 bits per heavy atom. The van der Waals surface area contributed by atoms with Gasteiger partial charge in [-0.25, -0.2) is 9.78 Å². The van der Waals surface area contributed by atoms with Crippen molar-refractivity contribution < 1.29 is 9.53 Å². The Morgan fingerprint density at radius 1 is 1.46 bits per heavy atom. The monoisotopic (exact) mass is 374 g/mol. The molecule has 1 aliphatic rings. The molecular formula is C19H26N4O2S. The highest BCUT2D eigenvalue weighted by molar-refractivity contribution is 7.15. The molecule has 2 heterocycles. The number of methoxy groups -OCH3 is 1. The summed E-state index contributed by atoms with van der Waals surface area (Å²) in [6, 6.07) is 2.42. The van der Waals surface area contributed by atoms with Crippen LogP contribution in [0.4, 0.5) is 5.69 Å². The van der Waals surface area contributed by atoms with E-state index in [4.69, 9.17) is 4.74 Å². The van der Waals surface area contributed by atoms with E-state index in [9.17, 15) is 4.79 Å². The lowest BCUT2D eigenvalue weighted by Gasteiger charge is -2.12. The molecule has 0 saturated heterocycles. The first-order valence-electron chi connectivity index (χ1n) is 9.18. The molecule has 6 nitrogen and oxygen atoms in total. The zero-order valence-electron chi connectivity index (χ0n) is 15.4. The highest BCUT2D eigenvalue weighted by Gasteiger charge is 2.19. The van der Waals surface area contributed by atoms with Gasteiger partial charge in [-0.2, -0.15) is 5.10 Å². The van der Waals surface area contributed by atoms with E-state index >= 15 is 0 Å². The molecule has 3 rings (SSSR count). The minimum absolute atomic E-state index is 0.267. The molecule has 0 amide bonds. The number of carbonyl (C=O) groups excluding carboxylic acids is 1. The zero-order valence-corrected chi connectivity index (χ0v) is 16.2. The lowest BCUT2D eigenvalue weighted by molar-refractivity contribution is 0.0607. The fourth-order valence-electron chi connectivity index (χ4n) is 3.18. The molecule has 0 fully saturated rings. The molecule has 140 valence electrons. The topological polar surface area (TPSA) is 69.0 Å². The van der Waals surface area contributed by atoms with Gasteiger partial charge in [0.25, 0.3) is 0 Å². The molecule has 0 aliphatic heterocycles. The van der Waals surface area contributed by atoms with Crippen LogP contribution in [0.1, 0.15) is 66.0 Å². The number of esters is 1. The van der Waals surface area contributed by atoms with Crippen molar-refractivity contribution in [3.63, 3.8) is 0 Å². The largest absolute Gasteiger partial charge is 0.465 e. The number of ether oxygens (including phenoxy) is 1. The van der Waals surface area contributed by atoms with Crippen LogP contribution < -0.4 is 5.32 Å². The maximum absolute atomic E-state index is 12.1. The van der Waals surface area contributed by atoms with E-state index in [1.165, 1.54) is 41.7 Å². The first-order valence-corrected chi connectivity index (χ1v) is 10.00. The molecule has 0 spiro atoms. The number of nitrogens with zero attached hydrogens (tertiary/aromatic N) is 3. The van der Waals surface area contributed by atoms with Crippen molar-refractivity contribution >= 4 is 28.6 Å². The molecule has 1 aliphatic carbocycles. The molecule has 0 aromatic carbocycles. The molecule has 0 bridgehead atoms. The molecular weight excluding hydrogens is 348 g/mol. The van der Waals surface area contributed by atoms with E-state index in [1.807, 2.05) is 4.68 Å². The lowest BCUT2D eigenvalue weighted by Crippen LogP contribution is -2.10. The molecule has 1 N–H and O–H groups in total. The third kappa shape index (κ3) is 4.52. The molecule has 2 aromatic heterocycles. The van der Waals surface area contributed by atoms with E-state index in [0.29, 0.717) is 10.9 Å². The van der Waals surface area contributed by atoms with Gasteiger partial charge >= 0.3 is 5.97 Å². The molecule has 2 aromatic rings. The Labute approximate surface area is 158 Å². The molecule has 1 unspecified atom stereocenters. The van der Waals surface area contributed by atoms with Crippen LogP contribution in [0.15, 0.2) is 24.8 Å². The second-order valence-corrected chi connectivity index (χ2v) is 7.67. The summed E-state index contributed by atoms with van der Waals surface area (Å²) in [5.74, 6) is -0.267. The van der Waals surface area contributed by atoms with Crippen LogP contribution in [0.2, 0.25) is 0 Å². The van der Waals surface area contributed by atoms with Gasteiger partial charge in [-0.05, 0) is 57.1 Å². The second-order valence-electron chi connectivity index (χ2n) is 6.61. The van der Waals surface area contributed by atoms with E-state index in [0.717, 1.165) is 37.9 Å². The SMILES string of the molecule is COC(=O)c1sc(C2=CCCCC2)cc1NCCCC(C)n1cncn1. The predicted octanol–water partition coefficient (Wildman–Crippen LogP) is 4.54. The van der Waals surface area contributed by atoms with Crippen LogP contribution in [0.3, 0.4) is 0 Å². The summed E-state index contributed by atoms with van der Waals surface area (Å²) in [5.41, 5.74) is 2.25. The third-order valence-corrected chi connectivity index (χ3v) is 5.90. The first-order chi connectivity index (χ1) is 12.7. The van der Waals surface area contributed by atoms with Gasteiger partial charge in [-0.15, -0.1) is 11.3 Å². The number of hydrogen-bond acceptors (Lipinski definition) is 6. The third-order valence-electron chi connectivity index (χ3n) is 4.71. The van der Waals surface area contributed by atoms with Crippen LogP contribution in [0, 0.1) is 0 Å². The summed E-state index contributed by atoms with van der Waals surface area (Å²) >= 11 is 1.53. The summed E-state index contributed by atoms with van der Waals surface area (Å²) in [7, 11) is 1.44. The molecule has 1 atom stereocenters. The van der Waals surface area contributed by atoms with Gasteiger partial charge in [-0.3, -0.25) is 4.68 Å². The van der Waals surface area contributed by atoms with Crippen LogP contribution >= 0.6 is 11.3 Å². The maximum Gasteiger partial charge on any atom is 0.350 e. The Hall–Kier alpha value is -2.15. The summed E-state index contributed by atoms with van der Waals surface area (Å²) in [4.78, 5) is 18.0. The van der Waals surface area contributed by atoms with E-state index in [1.54, 1.807) is 12.7 Å². The Bertz CT molecular complexity index is 752. The molecule has 0 saturated carbocycles. The van der Waals surface area contributed by atoms with Gasteiger partial charge < -0.3 is 10.1 Å². The average molecular weight is 375 g/mol. The Morgan fingerprint density at radius 2 is 2.35 bits per heavy atom. The Kier molecular flexibility index (Phi) is 6.44. The van der Waals surface area contributed by atoms with Crippen molar-refractivity contribution in [2.45, 2.75) is 51.5 Å². The Balaban J connectivity index is 1.61. The minimum Gasteiger partial charge on any atom is -0.465 e. The van der Waals surface area contributed by atoms with Gasteiger partial charge in [0.15, 0.2) is 0 Å². The van der Waals surface area contributed by atoms with Gasteiger partial charge in [-0.1, -0.05) is 6.08 Å². The van der Waals surface area contributed by atoms with Crippen LogP contribution in [-0.2, 0) is 4.74 Å². The molecule has 0 radical (unpaired) electrons. The first kappa shape index (κ1) is 18.6. The van der Waals surface area contributed by atoms with Gasteiger partial charge in [0.1, 0.15) is 17.5 Å². The number of hydrogen-bond donors (Lipinski definition) is 1. The van der Waals surface area contributed by atoms with E-state index < -0.39 is 0 Å². The molecule has 7 heteroatoms. The van der Waals surface area contributed by atoms with Crippen molar-refractivity contribution in [2.75, 3.05) is 19.0 Å². The van der Waals surface area contributed by atoms with Crippen LogP contribution in [0.25, 0.3) is 5.57 Å². The maximum atomic E-state index is 12.1. The van der Waals surface area contributed by atoms with Crippen molar-refractivity contribution in [1.82, 2.24) is 14.8 Å². The van der Waals surface area contributed by atoms with Gasteiger partial charge in [0.05, 0.1) is 18.8 Å². The number of carbonyl (C=O) groups is 1. The number of allylic oxidation sites excluding steroid dienone is 2. The number of anilines is 1. The zero-order chi connectivity index (χ0) is 18.4. The average Bonchev–Trinajstić information content (AvgIpc) is 3.35. The summed E-state index contributed by atoms with van der Waals surface area (Å²) in [6.07, 6.45) is 12.3. The highest BCUT2D eigenvalue weighted by atomic mass is 32.1. The van der Waals surface area contributed by atoms with Crippen LogP contribution in [-0.4, -0.2) is 34.4 Å². The fourth-order valence-corrected chi connectivity index (χ4v) is 4.31. The lowest BCUT2D eigenvalue weighted by atomic mass is 9.98.